The third-order valence-corrected chi connectivity index (χ3v) is 2.49. The summed E-state index contributed by atoms with van der Waals surface area (Å²) in [5.74, 6) is 0. The van der Waals surface area contributed by atoms with Crippen molar-refractivity contribution in [1.29, 1.82) is 0 Å². The molecule has 0 aliphatic heterocycles. The van der Waals surface area contributed by atoms with E-state index in [2.05, 4.69) is 5.10 Å². The van der Waals surface area contributed by atoms with E-state index in [0.717, 1.165) is 13.0 Å². The van der Waals surface area contributed by atoms with Crippen LogP contribution in [0.2, 0.25) is 0 Å². The van der Waals surface area contributed by atoms with Gasteiger partial charge in [0, 0.05) is 19.3 Å². The first-order chi connectivity index (χ1) is 6.68. The number of nitrogens with zero attached hydrogens (tertiary/aromatic N) is 2. The number of alkyl halides is 1. The molecule has 0 saturated heterocycles. The molecule has 1 unspecified atom stereocenters. The number of nitrogens with two attached hydrogens (primary N) is 1. The Bertz CT molecular complexity index is 279. The lowest BCUT2D eigenvalue weighted by Crippen LogP contribution is -2.32. The summed E-state index contributed by atoms with van der Waals surface area (Å²) in [5, 5.41) is 4.09. The molecule has 0 radical (unpaired) electrons. The fraction of sp³-hybridized carbons (Fsp3) is 0.700. The quantitative estimate of drug-likeness (QED) is 0.786. The van der Waals surface area contributed by atoms with Gasteiger partial charge in [-0.2, -0.15) is 5.10 Å². The van der Waals surface area contributed by atoms with Gasteiger partial charge in [0.25, 0.3) is 0 Å². The second-order valence-electron chi connectivity index (χ2n) is 3.46. The molecule has 0 spiro atoms. The first kappa shape index (κ1) is 11.2. The molecule has 0 aromatic carbocycles. The molecule has 0 aliphatic carbocycles. The number of rotatable bonds is 5. The van der Waals surface area contributed by atoms with Crippen LogP contribution in [0.3, 0.4) is 0 Å². The molecule has 0 saturated carbocycles. The Labute approximate surface area is 84.1 Å². The van der Waals surface area contributed by atoms with E-state index < -0.39 is 5.67 Å². The van der Waals surface area contributed by atoms with Crippen LogP contribution in [0.1, 0.15) is 32.4 Å². The third-order valence-electron chi connectivity index (χ3n) is 2.49. The highest BCUT2D eigenvalue weighted by atomic mass is 19.1. The lowest BCUT2D eigenvalue weighted by molar-refractivity contribution is 0.154. The Morgan fingerprint density at radius 1 is 1.57 bits per heavy atom. The third kappa shape index (κ3) is 1.95. The lowest BCUT2D eigenvalue weighted by atomic mass is 9.99. The average molecular weight is 199 g/mol. The van der Waals surface area contributed by atoms with Crippen LogP contribution >= 0.6 is 0 Å². The number of halogens is 1. The maximum atomic E-state index is 14.2. The van der Waals surface area contributed by atoms with Gasteiger partial charge in [-0.25, -0.2) is 4.39 Å². The SMILES string of the molecule is CCCn1nccc1C(F)(CC)CN. The number of aryl methyl sites for hydroxylation is 1. The van der Waals surface area contributed by atoms with Crippen molar-refractivity contribution in [2.45, 2.75) is 38.9 Å². The standard InChI is InChI=1S/C10H18FN3/c1-3-7-14-9(5-6-13-14)10(11,4-2)8-12/h5-6H,3-4,7-8,12H2,1-2H3. The van der Waals surface area contributed by atoms with Crippen LogP contribution in [0.5, 0.6) is 0 Å². The smallest absolute Gasteiger partial charge is 0.164 e. The summed E-state index contributed by atoms with van der Waals surface area (Å²) < 4.78 is 15.9. The Morgan fingerprint density at radius 3 is 2.79 bits per heavy atom. The molecular formula is C10H18FN3. The van der Waals surface area contributed by atoms with Gasteiger partial charge >= 0.3 is 0 Å². The molecule has 0 bridgehead atoms. The van der Waals surface area contributed by atoms with Gasteiger partial charge < -0.3 is 5.73 Å². The molecule has 1 aromatic rings. The van der Waals surface area contributed by atoms with Gasteiger partial charge in [-0.1, -0.05) is 13.8 Å². The van der Waals surface area contributed by atoms with Gasteiger partial charge in [0.05, 0.1) is 5.69 Å². The van der Waals surface area contributed by atoms with E-state index in [1.807, 2.05) is 6.92 Å². The zero-order chi connectivity index (χ0) is 10.6. The van der Waals surface area contributed by atoms with E-state index in [9.17, 15) is 4.39 Å². The molecule has 3 nitrogen and oxygen atoms in total. The number of hydrogen-bond donors (Lipinski definition) is 1. The van der Waals surface area contributed by atoms with E-state index >= 15 is 0 Å². The topological polar surface area (TPSA) is 43.8 Å². The van der Waals surface area contributed by atoms with Crippen molar-refractivity contribution in [2.75, 3.05) is 6.54 Å². The lowest BCUT2D eigenvalue weighted by Gasteiger charge is -2.22. The summed E-state index contributed by atoms with van der Waals surface area (Å²) in [6.45, 7) is 4.60. The van der Waals surface area contributed by atoms with Crippen LogP contribution in [0.4, 0.5) is 4.39 Å². The van der Waals surface area contributed by atoms with E-state index in [1.165, 1.54) is 0 Å². The predicted octanol–water partition coefficient (Wildman–Crippen LogP) is 1.83. The van der Waals surface area contributed by atoms with Gasteiger partial charge in [0.1, 0.15) is 0 Å². The van der Waals surface area contributed by atoms with Crippen molar-refractivity contribution in [3.05, 3.63) is 18.0 Å². The maximum absolute atomic E-state index is 14.2. The minimum Gasteiger partial charge on any atom is -0.327 e. The van der Waals surface area contributed by atoms with Crippen LogP contribution < -0.4 is 5.73 Å². The summed E-state index contributed by atoms with van der Waals surface area (Å²) in [5.41, 5.74) is 4.63. The Balaban J connectivity index is 2.97. The summed E-state index contributed by atoms with van der Waals surface area (Å²) >= 11 is 0. The summed E-state index contributed by atoms with van der Waals surface area (Å²) in [4.78, 5) is 0. The van der Waals surface area contributed by atoms with Crippen LogP contribution in [0, 0.1) is 0 Å². The van der Waals surface area contributed by atoms with Crippen LogP contribution in [0.15, 0.2) is 12.3 Å². The Hall–Kier alpha value is -0.900. The summed E-state index contributed by atoms with van der Waals surface area (Å²) in [7, 11) is 0. The minimum atomic E-state index is -1.42. The molecule has 1 atom stereocenters. The molecular weight excluding hydrogens is 181 g/mol. The fourth-order valence-corrected chi connectivity index (χ4v) is 1.53. The van der Waals surface area contributed by atoms with E-state index in [-0.39, 0.29) is 6.54 Å². The Morgan fingerprint density at radius 2 is 2.29 bits per heavy atom. The first-order valence-electron chi connectivity index (χ1n) is 5.09. The van der Waals surface area contributed by atoms with Crippen LogP contribution in [0.25, 0.3) is 0 Å². The normalized spacial score (nSPS) is 15.4. The molecule has 0 fully saturated rings. The largest absolute Gasteiger partial charge is 0.327 e. The molecule has 1 aromatic heterocycles. The summed E-state index contributed by atoms with van der Waals surface area (Å²) in [6.07, 6.45) is 2.96. The minimum absolute atomic E-state index is 0.0128. The highest BCUT2D eigenvalue weighted by molar-refractivity contribution is 5.12. The highest BCUT2D eigenvalue weighted by Gasteiger charge is 2.31. The molecule has 2 N–H and O–H groups in total. The fourth-order valence-electron chi connectivity index (χ4n) is 1.53. The first-order valence-corrected chi connectivity index (χ1v) is 5.09. The van der Waals surface area contributed by atoms with Crippen molar-refractivity contribution in [2.24, 2.45) is 5.73 Å². The van der Waals surface area contributed by atoms with Gasteiger partial charge in [-0.15, -0.1) is 0 Å². The molecule has 1 heterocycles. The average Bonchev–Trinajstić information content (AvgIpc) is 2.66. The number of hydrogen-bond acceptors (Lipinski definition) is 2. The maximum Gasteiger partial charge on any atom is 0.164 e. The van der Waals surface area contributed by atoms with Crippen LogP contribution in [-0.4, -0.2) is 16.3 Å². The number of aromatic nitrogens is 2. The van der Waals surface area contributed by atoms with Crippen LogP contribution in [-0.2, 0) is 12.2 Å². The van der Waals surface area contributed by atoms with Crippen molar-refractivity contribution in [3.63, 3.8) is 0 Å². The molecule has 0 amide bonds. The molecule has 0 aliphatic rings. The second kappa shape index (κ2) is 4.55. The predicted molar refractivity (Wildman–Crippen MR) is 54.6 cm³/mol. The van der Waals surface area contributed by atoms with Crippen molar-refractivity contribution >= 4 is 0 Å². The highest BCUT2D eigenvalue weighted by Crippen LogP contribution is 2.28. The van der Waals surface area contributed by atoms with Gasteiger partial charge in [0.2, 0.25) is 0 Å². The van der Waals surface area contributed by atoms with Crippen molar-refractivity contribution in [3.8, 4) is 0 Å². The molecule has 80 valence electrons. The zero-order valence-corrected chi connectivity index (χ0v) is 8.83. The summed E-state index contributed by atoms with van der Waals surface area (Å²) in [6, 6.07) is 1.71. The molecule has 14 heavy (non-hydrogen) atoms. The molecule has 4 heteroatoms. The zero-order valence-electron chi connectivity index (χ0n) is 8.83. The van der Waals surface area contributed by atoms with Gasteiger partial charge in [0.15, 0.2) is 5.67 Å². The van der Waals surface area contributed by atoms with E-state index in [4.69, 9.17) is 5.73 Å². The van der Waals surface area contributed by atoms with E-state index in [1.54, 1.807) is 23.9 Å². The Kier molecular flexibility index (Phi) is 3.63. The van der Waals surface area contributed by atoms with Crippen molar-refractivity contribution < 1.29 is 4.39 Å². The van der Waals surface area contributed by atoms with Crippen molar-refractivity contribution in [1.82, 2.24) is 9.78 Å². The monoisotopic (exact) mass is 199 g/mol. The van der Waals surface area contributed by atoms with E-state index in [0.29, 0.717) is 12.1 Å². The van der Waals surface area contributed by atoms with Gasteiger partial charge in [-0.3, -0.25) is 4.68 Å². The van der Waals surface area contributed by atoms with Gasteiger partial charge in [-0.05, 0) is 18.9 Å². The second-order valence-corrected chi connectivity index (χ2v) is 3.46. The molecule has 1 rings (SSSR count).